The summed E-state index contributed by atoms with van der Waals surface area (Å²) >= 11 is 0. The lowest BCUT2D eigenvalue weighted by Gasteiger charge is -2.13. The molecule has 23 heavy (non-hydrogen) atoms. The summed E-state index contributed by atoms with van der Waals surface area (Å²) in [7, 11) is -4.64. The molecular weight excluding hydrogens is 341 g/mol. The van der Waals surface area contributed by atoms with Crippen LogP contribution in [0.2, 0.25) is 0 Å². The molecule has 6 nitrogen and oxygen atoms in total. The third-order valence-corrected chi connectivity index (χ3v) is 3.34. The van der Waals surface area contributed by atoms with Crippen molar-refractivity contribution in [3.05, 3.63) is 35.9 Å². The molecule has 128 valence electrons. The molecule has 0 amide bonds. The molecule has 0 fully saturated rings. The summed E-state index contributed by atoms with van der Waals surface area (Å²) in [6.07, 6.45) is 0.515. The second kappa shape index (κ2) is 7.36. The first-order valence-electron chi connectivity index (χ1n) is 6.14. The van der Waals surface area contributed by atoms with Crippen LogP contribution >= 0.6 is 0 Å². The van der Waals surface area contributed by atoms with Crippen LogP contribution < -0.4 is 4.74 Å². The molecule has 0 bridgehead atoms. The van der Waals surface area contributed by atoms with Gasteiger partial charge in [-0.25, -0.2) is 4.79 Å². The van der Waals surface area contributed by atoms with Crippen molar-refractivity contribution >= 4 is 21.8 Å². The van der Waals surface area contributed by atoms with Gasteiger partial charge in [0, 0.05) is 5.56 Å². The number of carbonyl (C=O) groups is 1. The summed E-state index contributed by atoms with van der Waals surface area (Å²) < 4.78 is 73.2. The van der Waals surface area contributed by atoms with Gasteiger partial charge in [0.1, 0.15) is 5.75 Å². The summed E-state index contributed by atoms with van der Waals surface area (Å²) in [5, 5.41) is 0. The van der Waals surface area contributed by atoms with Crippen molar-refractivity contribution in [2.75, 3.05) is 13.7 Å². The minimum atomic E-state index is -5.94. The van der Waals surface area contributed by atoms with E-state index in [0.29, 0.717) is 6.08 Å². The van der Waals surface area contributed by atoms with E-state index in [9.17, 15) is 26.4 Å². The summed E-state index contributed by atoms with van der Waals surface area (Å²) in [6, 6.07) is 5.32. The highest BCUT2D eigenvalue weighted by Crippen LogP contribution is 2.30. The Hall–Kier alpha value is -2.23. The molecule has 0 radical (unpaired) electrons. The summed E-state index contributed by atoms with van der Waals surface area (Å²) in [5.41, 5.74) is -5.75. The van der Waals surface area contributed by atoms with Crippen LogP contribution in [0.5, 0.6) is 5.75 Å². The van der Waals surface area contributed by atoms with E-state index in [1.807, 2.05) is 0 Å². The van der Waals surface area contributed by atoms with Crippen LogP contribution in [-0.2, 0) is 23.8 Å². The molecule has 0 aliphatic carbocycles. The molecule has 0 spiro atoms. The van der Waals surface area contributed by atoms with Crippen LogP contribution in [0.1, 0.15) is 12.5 Å². The Kier molecular flexibility index (Phi) is 6.02. The highest BCUT2D eigenvalue weighted by molar-refractivity contribution is 7.87. The van der Waals surface area contributed by atoms with Gasteiger partial charge in [-0.2, -0.15) is 21.6 Å². The molecule has 1 aromatic rings. The summed E-state index contributed by atoms with van der Waals surface area (Å²) in [6.45, 7) is 1.43. The van der Waals surface area contributed by atoms with Crippen LogP contribution in [0.4, 0.5) is 13.2 Å². The van der Waals surface area contributed by atoms with Gasteiger partial charge in [-0.05, 0) is 19.1 Å². The molecule has 0 atom stereocenters. The number of ether oxygens (including phenoxy) is 2. The molecule has 0 aliphatic rings. The number of halogens is 3. The minimum absolute atomic E-state index is 0.0489. The Morgan fingerprint density at radius 3 is 2.48 bits per heavy atom. The molecule has 10 heteroatoms. The zero-order valence-electron chi connectivity index (χ0n) is 12.1. The van der Waals surface area contributed by atoms with Gasteiger partial charge in [0.15, 0.2) is 5.76 Å². The molecule has 0 aliphatic heterocycles. The molecule has 0 saturated carbocycles. The number of hydrogen-bond donors (Lipinski definition) is 0. The lowest BCUT2D eigenvalue weighted by molar-refractivity contribution is -0.137. The number of alkyl halides is 3. The molecular formula is C13H13F3O6S. The van der Waals surface area contributed by atoms with Crippen molar-refractivity contribution in [2.45, 2.75) is 12.4 Å². The van der Waals surface area contributed by atoms with E-state index >= 15 is 0 Å². The number of methoxy groups -OCH3 is 1. The largest absolute Gasteiger partial charge is 0.534 e. The number of esters is 1. The zero-order chi connectivity index (χ0) is 17.7. The average Bonchev–Trinajstić information content (AvgIpc) is 2.45. The normalized spacial score (nSPS) is 12.7. The highest BCUT2D eigenvalue weighted by Gasteiger charge is 2.49. The Balaban J connectivity index is 3.30. The maximum absolute atomic E-state index is 12.5. The third-order valence-electron chi connectivity index (χ3n) is 2.37. The van der Waals surface area contributed by atoms with Crippen molar-refractivity contribution in [3.8, 4) is 5.75 Å². The fourth-order valence-corrected chi connectivity index (χ4v) is 1.86. The SMILES string of the molecule is CCOC(=O)/C=C(\OS(=O)(=O)C(F)(F)F)c1cccc(OC)c1. The lowest BCUT2D eigenvalue weighted by Crippen LogP contribution is -2.25. The second-order valence-corrected chi connectivity index (χ2v) is 5.51. The van der Waals surface area contributed by atoms with Crippen molar-refractivity contribution < 1.29 is 40.0 Å². The number of benzene rings is 1. The van der Waals surface area contributed by atoms with E-state index in [1.54, 1.807) is 0 Å². The zero-order valence-corrected chi connectivity index (χ0v) is 12.9. The van der Waals surface area contributed by atoms with Gasteiger partial charge in [0.2, 0.25) is 0 Å². The maximum Gasteiger partial charge on any atom is 0.534 e. The monoisotopic (exact) mass is 354 g/mol. The average molecular weight is 354 g/mol. The minimum Gasteiger partial charge on any atom is -0.497 e. The Morgan fingerprint density at radius 2 is 1.96 bits per heavy atom. The van der Waals surface area contributed by atoms with Crippen molar-refractivity contribution in [2.24, 2.45) is 0 Å². The van der Waals surface area contributed by atoms with E-state index in [-0.39, 0.29) is 17.9 Å². The molecule has 0 saturated heterocycles. The van der Waals surface area contributed by atoms with Crippen LogP contribution in [0.3, 0.4) is 0 Å². The standard InChI is InChI=1S/C13H13F3O6S/c1-3-21-12(17)8-11(22-23(18,19)13(14,15)16)9-5-4-6-10(7-9)20-2/h4-8H,3H2,1-2H3/b11-8-. The predicted octanol–water partition coefficient (Wildman–Crippen LogP) is 2.47. The first-order valence-corrected chi connectivity index (χ1v) is 7.55. The topological polar surface area (TPSA) is 78.9 Å². The van der Waals surface area contributed by atoms with Crippen molar-refractivity contribution in [3.63, 3.8) is 0 Å². The van der Waals surface area contributed by atoms with Crippen molar-refractivity contribution in [1.29, 1.82) is 0 Å². The van der Waals surface area contributed by atoms with E-state index in [2.05, 4.69) is 8.92 Å². The highest BCUT2D eigenvalue weighted by atomic mass is 32.2. The summed E-state index contributed by atoms with van der Waals surface area (Å²) in [4.78, 5) is 11.4. The van der Waals surface area contributed by atoms with Crippen LogP contribution in [0.25, 0.3) is 5.76 Å². The van der Waals surface area contributed by atoms with Gasteiger partial charge in [0.25, 0.3) is 0 Å². The second-order valence-electron chi connectivity index (χ2n) is 3.98. The molecule has 1 aromatic carbocycles. The Bertz CT molecular complexity index is 694. The summed E-state index contributed by atoms with van der Waals surface area (Å²) in [5.74, 6) is -1.66. The van der Waals surface area contributed by atoms with E-state index in [1.165, 1.54) is 38.3 Å². The maximum atomic E-state index is 12.5. The van der Waals surface area contributed by atoms with E-state index in [4.69, 9.17) is 4.74 Å². The quantitative estimate of drug-likeness (QED) is 0.257. The van der Waals surface area contributed by atoms with Crippen molar-refractivity contribution in [1.82, 2.24) is 0 Å². The van der Waals surface area contributed by atoms with Gasteiger partial charge in [0.05, 0.1) is 19.8 Å². The first kappa shape index (κ1) is 18.8. The van der Waals surface area contributed by atoms with Gasteiger partial charge < -0.3 is 13.7 Å². The fraction of sp³-hybridized carbons (Fsp3) is 0.308. The molecule has 0 aromatic heterocycles. The molecule has 0 unspecified atom stereocenters. The Labute approximate surface area is 130 Å². The fourth-order valence-electron chi connectivity index (χ4n) is 1.39. The van der Waals surface area contributed by atoms with E-state index in [0.717, 1.165) is 0 Å². The van der Waals surface area contributed by atoms with Crippen LogP contribution in [-0.4, -0.2) is 33.6 Å². The van der Waals surface area contributed by atoms with Gasteiger partial charge in [-0.3, -0.25) is 0 Å². The van der Waals surface area contributed by atoms with Gasteiger partial charge in [-0.1, -0.05) is 12.1 Å². The first-order chi connectivity index (χ1) is 10.6. The van der Waals surface area contributed by atoms with Crippen LogP contribution in [0.15, 0.2) is 30.3 Å². The van der Waals surface area contributed by atoms with E-state index < -0.39 is 27.4 Å². The molecule has 0 heterocycles. The number of hydrogen-bond acceptors (Lipinski definition) is 6. The molecule has 0 N–H and O–H groups in total. The lowest BCUT2D eigenvalue weighted by atomic mass is 10.1. The smallest absolute Gasteiger partial charge is 0.497 e. The number of rotatable bonds is 6. The van der Waals surface area contributed by atoms with Gasteiger partial charge in [-0.15, -0.1) is 0 Å². The third kappa shape index (κ3) is 5.16. The predicted molar refractivity (Wildman–Crippen MR) is 73.7 cm³/mol. The Morgan fingerprint density at radius 1 is 1.30 bits per heavy atom. The van der Waals surface area contributed by atoms with Crippen LogP contribution in [0, 0.1) is 0 Å². The molecule has 1 rings (SSSR count). The number of carbonyl (C=O) groups excluding carboxylic acids is 1. The van der Waals surface area contributed by atoms with Gasteiger partial charge >= 0.3 is 21.6 Å².